The Hall–Kier alpha value is -6.26. The number of nitrogens with zero attached hydrogens (tertiary/aromatic N) is 2. The van der Waals surface area contributed by atoms with E-state index in [1.165, 1.54) is 116 Å². The molecule has 3 nitrogen and oxygen atoms in total. The van der Waals surface area contributed by atoms with Gasteiger partial charge in [0.1, 0.15) is 11.2 Å². The first-order chi connectivity index (χ1) is 28.3. The van der Waals surface area contributed by atoms with Gasteiger partial charge >= 0.3 is 0 Å². The second-order valence-corrected chi connectivity index (χ2v) is 20.1. The number of anilines is 3. The van der Waals surface area contributed by atoms with Gasteiger partial charge in [0.25, 0.3) is 6.71 Å². The Morgan fingerprint density at radius 1 is 0.542 bits per heavy atom. The second-order valence-electron chi connectivity index (χ2n) is 20.1. The SMILES string of the molecule is CC(C)(C)c1cc2c3c(c1)-n1c4cc(C(C)(C)C)ccc4c4cc5c(ccc6ccccc65)c(c41)B3c1cc3oc4ccccc4c3c3c1N2c1ccccc1C3(C)C. The first-order valence-corrected chi connectivity index (χ1v) is 21.3. The van der Waals surface area contributed by atoms with Crippen LogP contribution in [0.2, 0.25) is 0 Å². The van der Waals surface area contributed by atoms with E-state index in [1.54, 1.807) is 0 Å². The van der Waals surface area contributed by atoms with Crippen LogP contribution in [0.15, 0.2) is 132 Å². The molecule has 13 rings (SSSR count). The number of aromatic nitrogens is 1. The van der Waals surface area contributed by atoms with Crippen molar-refractivity contribution in [2.45, 2.75) is 71.6 Å². The first-order valence-electron chi connectivity index (χ1n) is 21.3. The van der Waals surface area contributed by atoms with Gasteiger partial charge in [-0.3, -0.25) is 0 Å². The summed E-state index contributed by atoms with van der Waals surface area (Å²) in [6, 6.07) is 48.8. The summed E-state index contributed by atoms with van der Waals surface area (Å²) < 4.78 is 9.62. The predicted molar refractivity (Wildman–Crippen MR) is 252 cm³/mol. The van der Waals surface area contributed by atoms with Crippen LogP contribution in [-0.4, -0.2) is 11.3 Å². The summed E-state index contributed by atoms with van der Waals surface area (Å²) in [6.45, 7) is 18.9. The highest BCUT2D eigenvalue weighted by Gasteiger charge is 2.50. The van der Waals surface area contributed by atoms with E-state index < -0.39 is 0 Å². The van der Waals surface area contributed by atoms with Crippen molar-refractivity contribution < 1.29 is 4.42 Å². The molecule has 0 N–H and O–H groups in total. The lowest BCUT2D eigenvalue weighted by molar-refractivity contribution is 0.590. The van der Waals surface area contributed by atoms with Gasteiger partial charge in [-0.15, -0.1) is 0 Å². The van der Waals surface area contributed by atoms with E-state index in [2.05, 4.69) is 192 Å². The van der Waals surface area contributed by atoms with Crippen LogP contribution < -0.4 is 21.3 Å². The fraction of sp³-hybridized carbons (Fsp3) is 0.200. The Balaban J connectivity index is 1.31. The largest absolute Gasteiger partial charge is 0.456 e. The molecule has 59 heavy (non-hydrogen) atoms. The average molecular weight is 761 g/mol. The Morgan fingerprint density at radius 2 is 1.25 bits per heavy atom. The lowest BCUT2D eigenvalue weighted by atomic mass is 9.32. The Labute approximate surface area is 344 Å². The minimum atomic E-state index is -0.303. The Morgan fingerprint density at radius 3 is 2.07 bits per heavy atom. The van der Waals surface area contributed by atoms with Crippen LogP contribution in [0.1, 0.15) is 77.6 Å². The quantitative estimate of drug-likeness (QED) is 0.113. The van der Waals surface area contributed by atoms with Crippen LogP contribution in [0.25, 0.3) is 71.0 Å². The van der Waals surface area contributed by atoms with Gasteiger partial charge in [0, 0.05) is 49.5 Å². The van der Waals surface area contributed by atoms with Crippen LogP contribution in [0.3, 0.4) is 0 Å². The highest BCUT2D eigenvalue weighted by molar-refractivity contribution is 7.02. The number of benzene rings is 8. The third kappa shape index (κ3) is 4.10. The lowest BCUT2D eigenvalue weighted by Crippen LogP contribution is -2.61. The molecule has 0 aliphatic carbocycles. The molecule has 10 aromatic rings. The normalized spacial score (nSPS) is 15.2. The molecule has 0 saturated carbocycles. The zero-order valence-electron chi connectivity index (χ0n) is 35.0. The van der Waals surface area contributed by atoms with Crippen molar-refractivity contribution in [3.8, 4) is 5.69 Å². The van der Waals surface area contributed by atoms with Crippen molar-refractivity contribution in [3.05, 3.63) is 150 Å². The van der Waals surface area contributed by atoms with Gasteiger partial charge in [-0.25, -0.2) is 0 Å². The number of para-hydroxylation sites is 2. The molecule has 284 valence electrons. The van der Waals surface area contributed by atoms with Crippen molar-refractivity contribution in [3.63, 3.8) is 0 Å². The van der Waals surface area contributed by atoms with Crippen molar-refractivity contribution >= 4 is 105 Å². The van der Waals surface area contributed by atoms with Crippen LogP contribution >= 0.6 is 0 Å². The van der Waals surface area contributed by atoms with Gasteiger partial charge in [0.15, 0.2) is 0 Å². The van der Waals surface area contributed by atoms with Crippen molar-refractivity contribution in [1.82, 2.24) is 4.57 Å². The number of hydrogen-bond donors (Lipinski definition) is 0. The standard InChI is InChI=1S/C55H45BN2O/c1-53(2,3)31-22-24-34-38-28-37-33-16-10-9-15-30(33)21-23-35(37)49-51(38)58(42(34)25-31)44-27-32(54(4,5)6)26-43-50(44)56(49)40-29-46-47(36-17-11-14-20-45(36)59-46)48-52(40)57(43)41-19-13-12-18-39(41)55(48,7)8/h9-29H,1-8H3. The molecule has 5 heterocycles. The fourth-order valence-corrected chi connectivity index (χ4v) is 11.5. The molecule has 0 atom stereocenters. The topological polar surface area (TPSA) is 21.3 Å². The monoisotopic (exact) mass is 760 g/mol. The number of hydrogen-bond acceptors (Lipinski definition) is 2. The molecule has 0 fully saturated rings. The van der Waals surface area contributed by atoms with E-state index in [9.17, 15) is 0 Å². The molecule has 0 saturated heterocycles. The van der Waals surface area contributed by atoms with Crippen molar-refractivity contribution in [2.24, 2.45) is 0 Å². The summed E-state index contributed by atoms with van der Waals surface area (Å²) in [5, 5.41) is 10.2. The smallest absolute Gasteiger partial charge is 0.253 e. The van der Waals surface area contributed by atoms with E-state index in [1.807, 2.05) is 0 Å². The predicted octanol–water partition coefficient (Wildman–Crippen LogP) is 12.8. The molecule has 0 amide bonds. The van der Waals surface area contributed by atoms with Gasteiger partial charge < -0.3 is 13.9 Å². The summed E-state index contributed by atoms with van der Waals surface area (Å²) >= 11 is 0. The van der Waals surface area contributed by atoms with Gasteiger partial charge in [0.2, 0.25) is 0 Å². The second kappa shape index (κ2) is 10.7. The number of rotatable bonds is 0. The molecule has 4 heteroatoms. The summed E-state index contributed by atoms with van der Waals surface area (Å²) in [6.07, 6.45) is 0. The van der Waals surface area contributed by atoms with Crippen LogP contribution in [0, 0.1) is 0 Å². The maximum atomic E-state index is 6.95. The van der Waals surface area contributed by atoms with E-state index >= 15 is 0 Å². The highest BCUT2D eigenvalue weighted by atomic mass is 16.3. The summed E-state index contributed by atoms with van der Waals surface area (Å²) in [4.78, 5) is 2.66. The first kappa shape index (κ1) is 33.7. The molecule has 3 aliphatic rings. The molecule has 0 radical (unpaired) electrons. The molecule has 3 aliphatic heterocycles. The van der Waals surface area contributed by atoms with Gasteiger partial charge in [-0.05, 0) is 113 Å². The minimum absolute atomic E-state index is 0.00380. The Bertz CT molecular complexity index is 3570. The average Bonchev–Trinajstić information content (AvgIpc) is 3.75. The molecule has 0 bridgehead atoms. The summed E-state index contributed by atoms with van der Waals surface area (Å²) in [5.41, 5.74) is 18.7. The highest BCUT2D eigenvalue weighted by Crippen LogP contribution is 2.57. The van der Waals surface area contributed by atoms with Crippen LogP contribution in [0.5, 0.6) is 0 Å². The summed E-state index contributed by atoms with van der Waals surface area (Å²) in [5.74, 6) is 0. The zero-order valence-corrected chi connectivity index (χ0v) is 35.0. The van der Waals surface area contributed by atoms with Gasteiger partial charge in [-0.1, -0.05) is 140 Å². The number of furan rings is 1. The van der Waals surface area contributed by atoms with Crippen LogP contribution in [-0.2, 0) is 16.2 Å². The summed E-state index contributed by atoms with van der Waals surface area (Å²) in [7, 11) is 0. The molecule has 0 spiro atoms. The molecular weight excluding hydrogens is 715 g/mol. The maximum Gasteiger partial charge on any atom is 0.253 e. The molecule has 0 unspecified atom stereocenters. The molecule has 2 aromatic heterocycles. The zero-order chi connectivity index (χ0) is 40.1. The van der Waals surface area contributed by atoms with Gasteiger partial charge in [0.05, 0.1) is 11.2 Å². The van der Waals surface area contributed by atoms with Crippen LogP contribution in [0.4, 0.5) is 17.1 Å². The third-order valence-corrected chi connectivity index (χ3v) is 14.4. The fourth-order valence-electron chi connectivity index (χ4n) is 11.5. The molecular formula is C55H45BN2O. The maximum absolute atomic E-state index is 6.95. The van der Waals surface area contributed by atoms with E-state index in [-0.39, 0.29) is 23.0 Å². The lowest BCUT2D eigenvalue weighted by Gasteiger charge is -2.48. The van der Waals surface area contributed by atoms with Gasteiger partial charge in [-0.2, -0.15) is 0 Å². The van der Waals surface area contributed by atoms with E-state index in [0.717, 1.165) is 11.2 Å². The van der Waals surface area contributed by atoms with Crippen molar-refractivity contribution in [1.29, 1.82) is 0 Å². The Kier molecular flexibility index (Phi) is 6.09. The van der Waals surface area contributed by atoms with E-state index in [4.69, 9.17) is 4.42 Å². The van der Waals surface area contributed by atoms with E-state index in [0.29, 0.717) is 0 Å². The molecule has 8 aromatic carbocycles. The van der Waals surface area contributed by atoms with Crippen molar-refractivity contribution in [2.75, 3.05) is 4.90 Å². The third-order valence-electron chi connectivity index (χ3n) is 14.4. The minimum Gasteiger partial charge on any atom is -0.456 e. The number of fused-ring (bicyclic) bond motifs is 17.